The van der Waals surface area contributed by atoms with Crippen LogP contribution in [0, 0.1) is 12.7 Å². The second kappa shape index (κ2) is 6.19. The molecule has 20 heavy (non-hydrogen) atoms. The summed E-state index contributed by atoms with van der Waals surface area (Å²) in [5, 5.41) is 2.80. The lowest BCUT2D eigenvalue weighted by Crippen LogP contribution is -2.24. The van der Waals surface area contributed by atoms with E-state index in [0.717, 1.165) is 11.3 Å². The first-order chi connectivity index (χ1) is 9.54. The molecular formula is C16H16FNO2. The topological polar surface area (TPSA) is 42.2 Å². The fraction of sp³-hybridized carbons (Fsp3) is 0.188. The molecule has 0 bridgehead atoms. The maximum absolute atomic E-state index is 12.7. The molecule has 0 saturated heterocycles. The van der Waals surface area contributed by atoms with Gasteiger partial charge in [-0.3, -0.25) is 4.79 Å². The van der Waals surface area contributed by atoms with E-state index in [2.05, 4.69) is 5.32 Å². The SMILES string of the molecule is Cc1ccc(C(C)NC(=O)/C=C/c2ccc(F)cc2)o1. The van der Waals surface area contributed by atoms with Gasteiger partial charge in [-0.25, -0.2) is 4.39 Å². The van der Waals surface area contributed by atoms with Crippen LogP contribution < -0.4 is 5.32 Å². The molecule has 1 unspecified atom stereocenters. The van der Waals surface area contributed by atoms with Crippen LogP contribution in [-0.4, -0.2) is 5.91 Å². The number of carbonyl (C=O) groups excluding carboxylic acids is 1. The van der Waals surface area contributed by atoms with Gasteiger partial charge in [-0.2, -0.15) is 0 Å². The van der Waals surface area contributed by atoms with Gasteiger partial charge < -0.3 is 9.73 Å². The number of aryl methyl sites for hydroxylation is 1. The molecule has 0 spiro atoms. The summed E-state index contributed by atoms with van der Waals surface area (Å²) in [6.45, 7) is 3.70. The normalized spacial score (nSPS) is 12.6. The fourth-order valence-electron chi connectivity index (χ4n) is 1.76. The van der Waals surface area contributed by atoms with Crippen molar-refractivity contribution in [2.24, 2.45) is 0 Å². The molecule has 4 heteroatoms. The summed E-state index contributed by atoms with van der Waals surface area (Å²) in [6, 6.07) is 9.42. The van der Waals surface area contributed by atoms with Crippen LogP contribution in [0.25, 0.3) is 6.08 Å². The van der Waals surface area contributed by atoms with E-state index < -0.39 is 0 Å². The molecule has 0 aliphatic heterocycles. The van der Waals surface area contributed by atoms with E-state index in [1.807, 2.05) is 26.0 Å². The number of halogens is 1. The Kier molecular flexibility index (Phi) is 4.35. The molecule has 1 aromatic carbocycles. The summed E-state index contributed by atoms with van der Waals surface area (Å²) >= 11 is 0. The average Bonchev–Trinajstić information content (AvgIpc) is 2.85. The molecule has 1 amide bonds. The minimum atomic E-state index is -0.298. The van der Waals surface area contributed by atoms with Crippen LogP contribution in [0.5, 0.6) is 0 Å². The standard InChI is InChI=1S/C16H16FNO2/c1-11-3-9-15(20-11)12(2)18-16(19)10-6-13-4-7-14(17)8-5-13/h3-10,12H,1-2H3,(H,18,19)/b10-6+. The summed E-state index contributed by atoms with van der Waals surface area (Å²) in [4.78, 5) is 11.8. The van der Waals surface area contributed by atoms with Gasteiger partial charge in [-0.05, 0) is 49.8 Å². The van der Waals surface area contributed by atoms with Gasteiger partial charge in [0.1, 0.15) is 17.3 Å². The third-order valence-electron chi connectivity index (χ3n) is 2.84. The lowest BCUT2D eigenvalue weighted by Gasteiger charge is -2.09. The maximum Gasteiger partial charge on any atom is 0.244 e. The molecule has 2 rings (SSSR count). The highest BCUT2D eigenvalue weighted by atomic mass is 19.1. The van der Waals surface area contributed by atoms with E-state index in [0.29, 0.717) is 5.76 Å². The zero-order valence-electron chi connectivity index (χ0n) is 11.4. The van der Waals surface area contributed by atoms with Crippen molar-refractivity contribution in [1.82, 2.24) is 5.32 Å². The van der Waals surface area contributed by atoms with Gasteiger partial charge in [-0.1, -0.05) is 12.1 Å². The number of nitrogens with one attached hydrogen (secondary N) is 1. The molecule has 0 saturated carbocycles. The molecule has 0 radical (unpaired) electrons. The molecule has 104 valence electrons. The molecule has 3 nitrogen and oxygen atoms in total. The number of hydrogen-bond acceptors (Lipinski definition) is 2. The first-order valence-electron chi connectivity index (χ1n) is 6.35. The van der Waals surface area contributed by atoms with Crippen molar-refractivity contribution in [3.8, 4) is 0 Å². The molecule has 0 aliphatic carbocycles. The Bertz CT molecular complexity index is 614. The van der Waals surface area contributed by atoms with Gasteiger partial charge in [0, 0.05) is 6.08 Å². The predicted molar refractivity (Wildman–Crippen MR) is 75.4 cm³/mol. The minimum absolute atomic E-state index is 0.200. The Morgan fingerprint density at radius 3 is 2.55 bits per heavy atom. The maximum atomic E-state index is 12.7. The molecule has 1 N–H and O–H groups in total. The average molecular weight is 273 g/mol. The highest BCUT2D eigenvalue weighted by molar-refractivity contribution is 5.91. The molecule has 0 aliphatic rings. The molecular weight excluding hydrogens is 257 g/mol. The molecule has 2 aromatic rings. The van der Waals surface area contributed by atoms with Crippen molar-refractivity contribution >= 4 is 12.0 Å². The lowest BCUT2D eigenvalue weighted by atomic mass is 10.2. The van der Waals surface area contributed by atoms with Gasteiger partial charge in [0.25, 0.3) is 0 Å². The van der Waals surface area contributed by atoms with Gasteiger partial charge in [0.2, 0.25) is 5.91 Å². The Balaban J connectivity index is 1.93. The van der Waals surface area contributed by atoms with Crippen molar-refractivity contribution in [2.75, 3.05) is 0 Å². The number of amides is 1. The quantitative estimate of drug-likeness (QED) is 0.864. The van der Waals surface area contributed by atoms with Crippen LogP contribution in [0.2, 0.25) is 0 Å². The Morgan fingerprint density at radius 1 is 1.25 bits per heavy atom. The second-order valence-electron chi connectivity index (χ2n) is 4.56. The van der Waals surface area contributed by atoms with Crippen LogP contribution >= 0.6 is 0 Å². The van der Waals surface area contributed by atoms with Crippen LogP contribution in [0.3, 0.4) is 0 Å². The zero-order chi connectivity index (χ0) is 14.5. The number of furan rings is 1. The van der Waals surface area contributed by atoms with Crippen molar-refractivity contribution in [2.45, 2.75) is 19.9 Å². The second-order valence-corrected chi connectivity index (χ2v) is 4.56. The molecule has 1 heterocycles. The largest absolute Gasteiger partial charge is 0.464 e. The van der Waals surface area contributed by atoms with E-state index in [1.54, 1.807) is 18.2 Å². The third kappa shape index (κ3) is 3.82. The van der Waals surface area contributed by atoms with E-state index in [9.17, 15) is 9.18 Å². The number of benzene rings is 1. The Hall–Kier alpha value is -2.36. The zero-order valence-corrected chi connectivity index (χ0v) is 11.4. The Labute approximate surface area is 117 Å². The predicted octanol–water partition coefficient (Wildman–Crippen LogP) is 3.62. The smallest absolute Gasteiger partial charge is 0.244 e. The van der Waals surface area contributed by atoms with Gasteiger partial charge in [-0.15, -0.1) is 0 Å². The summed E-state index contributed by atoms with van der Waals surface area (Å²) in [7, 11) is 0. The van der Waals surface area contributed by atoms with Crippen molar-refractivity contribution < 1.29 is 13.6 Å². The van der Waals surface area contributed by atoms with Crippen LogP contribution in [0.4, 0.5) is 4.39 Å². The summed E-state index contributed by atoms with van der Waals surface area (Å²) in [5.41, 5.74) is 0.767. The number of carbonyl (C=O) groups is 1. The monoisotopic (exact) mass is 273 g/mol. The van der Waals surface area contributed by atoms with Crippen molar-refractivity contribution in [3.63, 3.8) is 0 Å². The highest BCUT2D eigenvalue weighted by Gasteiger charge is 2.10. The number of hydrogen-bond donors (Lipinski definition) is 1. The van der Waals surface area contributed by atoms with Crippen molar-refractivity contribution in [3.05, 3.63) is 65.4 Å². The van der Waals surface area contributed by atoms with Crippen LogP contribution in [0.1, 0.15) is 30.0 Å². The highest BCUT2D eigenvalue weighted by Crippen LogP contribution is 2.15. The van der Waals surface area contributed by atoms with Gasteiger partial charge in [0.05, 0.1) is 6.04 Å². The van der Waals surface area contributed by atoms with E-state index in [4.69, 9.17) is 4.42 Å². The number of rotatable bonds is 4. The molecule has 1 aromatic heterocycles. The van der Waals surface area contributed by atoms with Gasteiger partial charge in [0.15, 0.2) is 0 Å². The first-order valence-corrected chi connectivity index (χ1v) is 6.35. The Morgan fingerprint density at radius 2 is 1.95 bits per heavy atom. The summed E-state index contributed by atoms with van der Waals surface area (Å²) in [6.07, 6.45) is 3.05. The van der Waals surface area contributed by atoms with E-state index >= 15 is 0 Å². The van der Waals surface area contributed by atoms with Crippen LogP contribution in [0.15, 0.2) is 46.9 Å². The molecule has 0 fully saturated rings. The lowest BCUT2D eigenvalue weighted by molar-refractivity contribution is -0.117. The van der Waals surface area contributed by atoms with Gasteiger partial charge >= 0.3 is 0 Å². The first kappa shape index (κ1) is 14.1. The minimum Gasteiger partial charge on any atom is -0.464 e. The van der Waals surface area contributed by atoms with Crippen LogP contribution in [-0.2, 0) is 4.79 Å². The van der Waals surface area contributed by atoms with Crippen molar-refractivity contribution in [1.29, 1.82) is 0 Å². The molecule has 1 atom stereocenters. The third-order valence-corrected chi connectivity index (χ3v) is 2.84. The van der Waals surface area contributed by atoms with E-state index in [-0.39, 0.29) is 17.8 Å². The fourth-order valence-corrected chi connectivity index (χ4v) is 1.76. The van der Waals surface area contributed by atoms with E-state index in [1.165, 1.54) is 18.2 Å². The summed E-state index contributed by atoms with van der Waals surface area (Å²) < 4.78 is 18.2. The summed E-state index contributed by atoms with van der Waals surface area (Å²) in [5.74, 6) is 0.998.